The molecule has 1 N–H and O–H groups in total. The fourth-order valence-corrected chi connectivity index (χ4v) is 2.78. The van der Waals surface area contributed by atoms with Gasteiger partial charge >= 0.3 is 12.1 Å². The van der Waals surface area contributed by atoms with Gasteiger partial charge in [0.1, 0.15) is 11.6 Å². The van der Waals surface area contributed by atoms with Crippen molar-refractivity contribution in [1.29, 1.82) is 0 Å². The van der Waals surface area contributed by atoms with Crippen LogP contribution in [-0.2, 0) is 11.3 Å². The number of carbonyl (C=O) groups excluding carboxylic acids is 1. The van der Waals surface area contributed by atoms with Crippen LogP contribution in [0.3, 0.4) is 0 Å². The molecule has 7 heteroatoms. The highest BCUT2D eigenvalue weighted by molar-refractivity contribution is 5.69. The van der Waals surface area contributed by atoms with Crippen LogP contribution in [0.5, 0.6) is 0 Å². The standard InChI is InChI=1S/C18H24N4O3/c1-18(2,3)25-17(23)22-11-7-10-14(22)15-20-21-16(24-15)19-12-13-8-5-4-6-9-13/h4-6,8-9,14H,7,10-12H2,1-3H3,(H,19,21). The molecular formula is C18H24N4O3. The largest absolute Gasteiger partial charge is 0.444 e. The second kappa shape index (κ2) is 7.13. The summed E-state index contributed by atoms with van der Waals surface area (Å²) in [5.74, 6) is 0.443. The summed E-state index contributed by atoms with van der Waals surface area (Å²) in [6.07, 6.45) is 1.34. The van der Waals surface area contributed by atoms with Gasteiger partial charge in [0.2, 0.25) is 5.89 Å². The van der Waals surface area contributed by atoms with Crippen molar-refractivity contribution in [1.82, 2.24) is 15.1 Å². The summed E-state index contributed by atoms with van der Waals surface area (Å²) in [5, 5.41) is 11.3. The molecule has 2 aromatic rings. The van der Waals surface area contributed by atoms with E-state index in [4.69, 9.17) is 9.15 Å². The number of nitrogens with one attached hydrogen (secondary N) is 1. The summed E-state index contributed by atoms with van der Waals surface area (Å²) < 4.78 is 11.2. The van der Waals surface area contributed by atoms with Crippen LogP contribution in [0.4, 0.5) is 10.8 Å². The Morgan fingerprint density at radius 3 is 2.80 bits per heavy atom. The molecule has 3 rings (SSSR count). The van der Waals surface area contributed by atoms with Crippen LogP contribution in [0.25, 0.3) is 0 Å². The van der Waals surface area contributed by atoms with E-state index in [1.807, 2.05) is 51.1 Å². The molecule has 0 saturated carbocycles. The molecule has 1 amide bonds. The minimum Gasteiger partial charge on any atom is -0.444 e. The third kappa shape index (κ3) is 4.49. The molecule has 0 spiro atoms. The highest BCUT2D eigenvalue weighted by atomic mass is 16.6. The summed E-state index contributed by atoms with van der Waals surface area (Å²) >= 11 is 0. The lowest BCUT2D eigenvalue weighted by molar-refractivity contribution is 0.0204. The molecular weight excluding hydrogens is 320 g/mol. The van der Waals surface area contributed by atoms with Gasteiger partial charge in [0.25, 0.3) is 0 Å². The number of hydrogen-bond acceptors (Lipinski definition) is 6. The summed E-state index contributed by atoms with van der Waals surface area (Å²) in [7, 11) is 0. The van der Waals surface area contributed by atoms with Gasteiger partial charge in [-0.15, -0.1) is 5.10 Å². The zero-order valence-electron chi connectivity index (χ0n) is 14.9. The normalized spacial score (nSPS) is 17.6. The lowest BCUT2D eigenvalue weighted by Crippen LogP contribution is -2.36. The van der Waals surface area contributed by atoms with Crippen LogP contribution in [0.15, 0.2) is 34.7 Å². The van der Waals surface area contributed by atoms with Gasteiger partial charge in [-0.3, -0.25) is 4.90 Å². The quantitative estimate of drug-likeness (QED) is 0.910. The highest BCUT2D eigenvalue weighted by Crippen LogP contribution is 2.33. The van der Waals surface area contributed by atoms with E-state index in [1.54, 1.807) is 4.90 Å². The molecule has 1 atom stereocenters. The first kappa shape index (κ1) is 17.3. The first-order chi connectivity index (χ1) is 11.9. The highest BCUT2D eigenvalue weighted by Gasteiger charge is 2.36. The first-order valence-electron chi connectivity index (χ1n) is 8.53. The maximum absolute atomic E-state index is 12.4. The third-order valence-corrected chi connectivity index (χ3v) is 3.89. The van der Waals surface area contributed by atoms with Gasteiger partial charge < -0.3 is 14.5 Å². The maximum atomic E-state index is 12.4. The Morgan fingerprint density at radius 1 is 1.32 bits per heavy atom. The number of aromatic nitrogens is 2. The average molecular weight is 344 g/mol. The van der Waals surface area contributed by atoms with Crippen LogP contribution in [0.2, 0.25) is 0 Å². The Balaban J connectivity index is 1.63. The predicted molar refractivity (Wildman–Crippen MR) is 93.0 cm³/mol. The first-order valence-corrected chi connectivity index (χ1v) is 8.53. The lowest BCUT2D eigenvalue weighted by Gasteiger charge is -2.27. The molecule has 1 saturated heterocycles. The van der Waals surface area contributed by atoms with Crippen LogP contribution >= 0.6 is 0 Å². The molecule has 1 aromatic heterocycles. The second-order valence-corrected chi connectivity index (χ2v) is 7.12. The van der Waals surface area contributed by atoms with E-state index in [-0.39, 0.29) is 12.1 Å². The van der Waals surface area contributed by atoms with Crippen LogP contribution in [0.1, 0.15) is 51.1 Å². The SMILES string of the molecule is CC(C)(C)OC(=O)N1CCCC1c1nnc(NCc2ccccc2)o1. The topological polar surface area (TPSA) is 80.5 Å². The summed E-state index contributed by atoms with van der Waals surface area (Å²) in [6, 6.07) is 10.1. The molecule has 1 fully saturated rings. The van der Waals surface area contributed by atoms with Crippen LogP contribution in [0, 0.1) is 0 Å². The molecule has 2 heterocycles. The molecule has 134 valence electrons. The Morgan fingerprint density at radius 2 is 2.08 bits per heavy atom. The molecule has 7 nitrogen and oxygen atoms in total. The zero-order valence-corrected chi connectivity index (χ0v) is 14.9. The molecule has 0 bridgehead atoms. The van der Waals surface area contributed by atoms with Gasteiger partial charge in [-0.25, -0.2) is 4.79 Å². The van der Waals surface area contributed by atoms with Crippen molar-refractivity contribution in [2.45, 2.75) is 51.8 Å². The number of likely N-dealkylation sites (tertiary alicyclic amines) is 1. The third-order valence-electron chi connectivity index (χ3n) is 3.89. The number of nitrogens with zero attached hydrogens (tertiary/aromatic N) is 3. The van der Waals surface area contributed by atoms with E-state index in [9.17, 15) is 4.79 Å². The van der Waals surface area contributed by atoms with Crippen molar-refractivity contribution in [2.75, 3.05) is 11.9 Å². The number of amides is 1. The minimum atomic E-state index is -0.526. The van der Waals surface area contributed by atoms with Gasteiger partial charge in [0, 0.05) is 13.1 Å². The number of carbonyl (C=O) groups is 1. The number of rotatable bonds is 4. The molecule has 0 radical (unpaired) electrons. The van der Waals surface area contributed by atoms with Crippen LogP contribution in [-0.4, -0.2) is 33.3 Å². The average Bonchev–Trinajstić information content (AvgIpc) is 3.21. The van der Waals surface area contributed by atoms with Gasteiger partial charge in [-0.1, -0.05) is 35.4 Å². The number of anilines is 1. The predicted octanol–water partition coefficient (Wildman–Crippen LogP) is 3.75. The molecule has 1 aromatic carbocycles. The minimum absolute atomic E-state index is 0.227. The van der Waals surface area contributed by atoms with Crippen molar-refractivity contribution >= 4 is 12.1 Å². The number of benzene rings is 1. The molecule has 1 unspecified atom stereocenters. The molecule has 25 heavy (non-hydrogen) atoms. The number of ether oxygens (including phenoxy) is 1. The summed E-state index contributed by atoms with van der Waals surface area (Å²) in [5.41, 5.74) is 0.597. The van der Waals surface area contributed by atoms with E-state index in [2.05, 4.69) is 15.5 Å². The van der Waals surface area contributed by atoms with E-state index >= 15 is 0 Å². The fraction of sp³-hybridized carbons (Fsp3) is 0.500. The fourth-order valence-electron chi connectivity index (χ4n) is 2.78. The van der Waals surface area contributed by atoms with E-state index < -0.39 is 5.60 Å². The van der Waals surface area contributed by atoms with E-state index in [0.717, 1.165) is 18.4 Å². The smallest absolute Gasteiger partial charge is 0.410 e. The van der Waals surface area contributed by atoms with Crippen molar-refractivity contribution in [3.05, 3.63) is 41.8 Å². The molecule has 1 aliphatic rings. The Bertz CT molecular complexity index is 709. The van der Waals surface area contributed by atoms with Gasteiger partial charge in [0.15, 0.2) is 0 Å². The van der Waals surface area contributed by atoms with Crippen molar-refractivity contribution in [3.8, 4) is 0 Å². The monoisotopic (exact) mass is 344 g/mol. The van der Waals surface area contributed by atoms with E-state index in [0.29, 0.717) is 25.0 Å². The number of hydrogen-bond donors (Lipinski definition) is 1. The van der Waals surface area contributed by atoms with Crippen molar-refractivity contribution in [2.24, 2.45) is 0 Å². The van der Waals surface area contributed by atoms with Crippen LogP contribution < -0.4 is 5.32 Å². The zero-order chi connectivity index (χ0) is 17.9. The van der Waals surface area contributed by atoms with Gasteiger partial charge in [-0.2, -0.15) is 0 Å². The van der Waals surface area contributed by atoms with Crippen molar-refractivity contribution < 1.29 is 13.9 Å². The van der Waals surface area contributed by atoms with Gasteiger partial charge in [-0.05, 0) is 39.2 Å². The molecule has 0 aliphatic carbocycles. The van der Waals surface area contributed by atoms with Crippen molar-refractivity contribution in [3.63, 3.8) is 0 Å². The Labute approximate surface area is 147 Å². The Hall–Kier alpha value is -2.57. The van der Waals surface area contributed by atoms with Gasteiger partial charge in [0.05, 0.1) is 0 Å². The molecule has 1 aliphatic heterocycles. The second-order valence-electron chi connectivity index (χ2n) is 7.12. The lowest BCUT2D eigenvalue weighted by atomic mass is 10.2. The maximum Gasteiger partial charge on any atom is 0.410 e. The summed E-state index contributed by atoms with van der Waals surface area (Å²) in [4.78, 5) is 14.0. The Kier molecular flexibility index (Phi) is 4.92. The van der Waals surface area contributed by atoms with E-state index in [1.165, 1.54) is 0 Å². The summed E-state index contributed by atoms with van der Waals surface area (Å²) in [6.45, 7) is 6.80.